The van der Waals surface area contributed by atoms with Crippen molar-refractivity contribution in [1.82, 2.24) is 9.97 Å². The smallest absolute Gasteiger partial charge is 0.185 e. The fourth-order valence-corrected chi connectivity index (χ4v) is 5.92. The largest absolute Gasteiger partial charge is 0.370 e. The number of nitrogens with two attached hydrogens (primary N) is 4. The van der Waals surface area contributed by atoms with Crippen LogP contribution in [0.1, 0.15) is 18.6 Å². The number of nitrogens with zero attached hydrogens (tertiary/aromatic N) is 4. The van der Waals surface area contributed by atoms with Crippen LogP contribution in [0.3, 0.4) is 0 Å². The molecule has 0 aliphatic carbocycles. The lowest BCUT2D eigenvalue weighted by atomic mass is 10.1. The maximum atomic E-state index is 5.44. The van der Waals surface area contributed by atoms with Crippen molar-refractivity contribution in [2.24, 2.45) is 32.9 Å². The number of aromatic nitrogens is 2. The summed E-state index contributed by atoms with van der Waals surface area (Å²) >= 11 is 3.27. The molecule has 0 bridgehead atoms. The molecule has 0 unspecified atom stereocenters. The van der Waals surface area contributed by atoms with Gasteiger partial charge in [0.2, 0.25) is 0 Å². The molecule has 0 saturated carbocycles. The van der Waals surface area contributed by atoms with Crippen LogP contribution in [0.4, 0.5) is 0 Å². The van der Waals surface area contributed by atoms with Gasteiger partial charge >= 0.3 is 0 Å². The zero-order valence-electron chi connectivity index (χ0n) is 21.8. The number of aliphatic imine (C=N–C) groups is 2. The van der Waals surface area contributed by atoms with E-state index in [-0.39, 0.29) is 19.3 Å². The lowest BCUT2D eigenvalue weighted by Gasteiger charge is -2.03. The van der Waals surface area contributed by atoms with Gasteiger partial charge in [-0.25, -0.2) is 9.97 Å². The van der Waals surface area contributed by atoms with Crippen LogP contribution in [0.5, 0.6) is 0 Å². The van der Waals surface area contributed by atoms with Crippen LogP contribution in [0.2, 0.25) is 0 Å². The summed E-state index contributed by atoms with van der Waals surface area (Å²) in [5, 5.41) is 6.12. The first-order chi connectivity index (χ1) is 19.4. The lowest BCUT2D eigenvalue weighted by Crippen LogP contribution is -2.23. The topological polar surface area (TPSA) is 155 Å². The molecule has 210 valence electrons. The number of hydrogen-bond donors (Lipinski definition) is 4. The Morgan fingerprint density at radius 2 is 1.00 bits per heavy atom. The first-order valence-corrected chi connectivity index (χ1v) is 14.5. The van der Waals surface area contributed by atoms with E-state index in [4.69, 9.17) is 32.9 Å². The summed E-state index contributed by atoms with van der Waals surface area (Å²) < 4.78 is 0. The Kier molecular flexibility index (Phi) is 9.83. The van der Waals surface area contributed by atoms with E-state index in [9.17, 15) is 0 Å². The standard InChI is InChI=1S/C30H30N8S2.CH4/c31-29(32)35-12-10-19-4-1-6-21(14-19)25-17-39-27(37-25)23-8-3-9-24(16-23)28-38-26(18-40-28)22-7-2-5-20(15-22)11-13-36-30(33)34;/h1-9,14-18H,10-13H2,(H4,31,32,35)(H4,33,34,36);1H4. The molecule has 2 aromatic heterocycles. The molecule has 2 heterocycles. The van der Waals surface area contributed by atoms with Crippen molar-refractivity contribution in [3.8, 4) is 43.7 Å². The highest BCUT2D eigenvalue weighted by Gasteiger charge is 2.11. The Labute approximate surface area is 248 Å². The zero-order chi connectivity index (χ0) is 27.9. The third-order valence-electron chi connectivity index (χ3n) is 6.20. The molecule has 0 spiro atoms. The number of rotatable bonds is 10. The summed E-state index contributed by atoms with van der Waals surface area (Å²) in [6.07, 6.45) is 1.53. The van der Waals surface area contributed by atoms with Crippen LogP contribution in [0, 0.1) is 0 Å². The second kappa shape index (κ2) is 13.7. The van der Waals surface area contributed by atoms with Gasteiger partial charge in [-0.05, 0) is 42.2 Å². The van der Waals surface area contributed by atoms with Crippen LogP contribution < -0.4 is 22.9 Å². The molecular formula is C31H34N8S2. The number of benzene rings is 3. The Morgan fingerprint density at radius 3 is 1.44 bits per heavy atom. The average Bonchev–Trinajstić information content (AvgIpc) is 3.64. The Morgan fingerprint density at radius 1 is 0.585 bits per heavy atom. The fraction of sp³-hybridized carbons (Fsp3) is 0.161. The summed E-state index contributed by atoms with van der Waals surface area (Å²) in [5.74, 6) is 0.225. The molecule has 3 aromatic carbocycles. The van der Waals surface area contributed by atoms with E-state index in [1.165, 1.54) is 0 Å². The molecule has 0 amide bonds. The number of hydrogen-bond acceptors (Lipinski definition) is 6. The predicted octanol–water partition coefficient (Wildman–Crippen LogP) is 5.54. The molecule has 0 radical (unpaired) electrons. The molecular weight excluding hydrogens is 549 g/mol. The Hall–Kier alpha value is -4.54. The zero-order valence-corrected chi connectivity index (χ0v) is 23.5. The van der Waals surface area contributed by atoms with Crippen molar-refractivity contribution in [2.75, 3.05) is 13.1 Å². The highest BCUT2D eigenvalue weighted by molar-refractivity contribution is 7.14. The van der Waals surface area contributed by atoms with Crippen molar-refractivity contribution in [1.29, 1.82) is 0 Å². The molecule has 0 atom stereocenters. The molecule has 41 heavy (non-hydrogen) atoms. The Balaban J connectivity index is 0.00000387. The molecule has 8 nitrogen and oxygen atoms in total. The van der Waals surface area contributed by atoms with Crippen LogP contribution in [-0.2, 0) is 12.8 Å². The summed E-state index contributed by atoms with van der Waals surface area (Å²) in [4.78, 5) is 18.0. The van der Waals surface area contributed by atoms with Gasteiger partial charge in [-0.1, -0.05) is 62.0 Å². The van der Waals surface area contributed by atoms with Crippen molar-refractivity contribution in [3.05, 3.63) is 94.7 Å². The molecule has 5 aromatic rings. The van der Waals surface area contributed by atoms with E-state index in [0.29, 0.717) is 13.1 Å². The first kappa shape index (κ1) is 29.4. The summed E-state index contributed by atoms with van der Waals surface area (Å²) in [7, 11) is 0. The molecule has 0 aliphatic rings. The molecule has 5 rings (SSSR count). The number of thiazole rings is 2. The third-order valence-corrected chi connectivity index (χ3v) is 7.98. The van der Waals surface area contributed by atoms with Crippen LogP contribution in [0.25, 0.3) is 43.7 Å². The van der Waals surface area contributed by atoms with Gasteiger partial charge in [-0.15, -0.1) is 22.7 Å². The summed E-state index contributed by atoms with van der Waals surface area (Å²) in [6.45, 7) is 1.12. The van der Waals surface area contributed by atoms with Gasteiger partial charge in [0.15, 0.2) is 11.9 Å². The maximum absolute atomic E-state index is 5.44. The highest BCUT2D eigenvalue weighted by Crippen LogP contribution is 2.34. The van der Waals surface area contributed by atoms with Crippen LogP contribution in [-0.4, -0.2) is 35.0 Å². The van der Waals surface area contributed by atoms with Gasteiger partial charge in [0.25, 0.3) is 0 Å². The molecule has 0 fully saturated rings. The molecule has 0 saturated heterocycles. The fourth-order valence-electron chi connectivity index (χ4n) is 4.26. The van der Waals surface area contributed by atoms with E-state index in [1.807, 2.05) is 12.1 Å². The van der Waals surface area contributed by atoms with E-state index in [2.05, 4.69) is 81.4 Å². The van der Waals surface area contributed by atoms with E-state index in [1.54, 1.807) is 22.7 Å². The summed E-state index contributed by atoms with van der Waals surface area (Å²) in [5.41, 5.74) is 30.3. The van der Waals surface area contributed by atoms with E-state index >= 15 is 0 Å². The maximum Gasteiger partial charge on any atom is 0.185 e. The van der Waals surface area contributed by atoms with E-state index < -0.39 is 0 Å². The van der Waals surface area contributed by atoms with Gasteiger partial charge in [0, 0.05) is 46.1 Å². The van der Waals surface area contributed by atoms with Gasteiger partial charge in [-0.3, -0.25) is 9.98 Å². The second-order valence-corrected chi connectivity index (χ2v) is 10.9. The minimum atomic E-state index is 0. The van der Waals surface area contributed by atoms with Crippen molar-refractivity contribution < 1.29 is 0 Å². The minimum Gasteiger partial charge on any atom is -0.370 e. The van der Waals surface area contributed by atoms with Gasteiger partial charge in [0.1, 0.15) is 10.0 Å². The lowest BCUT2D eigenvalue weighted by molar-refractivity contribution is 0.962. The van der Waals surface area contributed by atoms with Crippen LogP contribution in [0.15, 0.2) is 93.5 Å². The normalized spacial score (nSPS) is 10.5. The van der Waals surface area contributed by atoms with Crippen molar-refractivity contribution in [3.63, 3.8) is 0 Å². The Bertz CT molecular complexity index is 1540. The molecule has 8 N–H and O–H groups in total. The molecule has 0 aliphatic heterocycles. The monoisotopic (exact) mass is 582 g/mol. The quantitative estimate of drug-likeness (QED) is 0.125. The first-order valence-electron chi connectivity index (χ1n) is 12.8. The second-order valence-electron chi connectivity index (χ2n) is 9.17. The highest BCUT2D eigenvalue weighted by atomic mass is 32.1. The SMILES string of the molecule is C.NC(N)=NCCc1cccc(-c2csc(-c3cccc(-c4nc(-c5cccc(CCN=C(N)N)c5)cs4)c3)n2)c1. The molecule has 10 heteroatoms. The van der Waals surface area contributed by atoms with Gasteiger partial charge in [0.05, 0.1) is 11.4 Å². The number of guanidine groups is 2. The van der Waals surface area contributed by atoms with Crippen LogP contribution >= 0.6 is 22.7 Å². The third kappa shape index (κ3) is 7.77. The predicted molar refractivity (Wildman–Crippen MR) is 175 cm³/mol. The van der Waals surface area contributed by atoms with Gasteiger partial charge in [-0.2, -0.15) is 0 Å². The minimum absolute atomic E-state index is 0. The summed E-state index contributed by atoms with van der Waals surface area (Å²) in [6, 6.07) is 25.1. The van der Waals surface area contributed by atoms with Crippen molar-refractivity contribution >= 4 is 34.6 Å². The van der Waals surface area contributed by atoms with Crippen molar-refractivity contribution in [2.45, 2.75) is 20.3 Å². The van der Waals surface area contributed by atoms with E-state index in [0.717, 1.165) is 67.6 Å². The average molecular weight is 583 g/mol. The van der Waals surface area contributed by atoms with Gasteiger partial charge < -0.3 is 22.9 Å².